The van der Waals surface area contributed by atoms with Gasteiger partial charge in [-0.25, -0.2) is 0 Å². The Morgan fingerprint density at radius 3 is 2.45 bits per heavy atom. The van der Waals surface area contributed by atoms with Crippen LogP contribution < -0.4 is 10.6 Å². The minimum absolute atomic E-state index is 0.0516. The lowest BCUT2D eigenvalue weighted by Crippen LogP contribution is -2.57. The second-order valence-corrected chi connectivity index (χ2v) is 7.14. The van der Waals surface area contributed by atoms with Crippen LogP contribution in [0, 0.1) is 5.92 Å². The van der Waals surface area contributed by atoms with Gasteiger partial charge in [-0.3, -0.25) is 9.59 Å². The standard InChI is InChI=1S/C17H33N3O2/c1-7-14-11-20(13(4)21)10-9-15(14)18-12(3)16(22)19-17(5,6)8-2/h12,14-15,18H,7-11H2,1-6H3,(H,19,22)/t12-,14-,15+/m1/s1. The molecular weight excluding hydrogens is 278 g/mol. The van der Waals surface area contributed by atoms with Crippen molar-refractivity contribution in [2.45, 2.75) is 78.4 Å². The number of carbonyl (C=O) groups excluding carboxylic acids is 2. The molecule has 0 radical (unpaired) electrons. The average molecular weight is 311 g/mol. The Labute approximate surface area is 135 Å². The number of nitrogens with one attached hydrogen (secondary N) is 2. The number of likely N-dealkylation sites (tertiary alicyclic amines) is 1. The second-order valence-electron chi connectivity index (χ2n) is 7.14. The molecule has 0 unspecified atom stereocenters. The summed E-state index contributed by atoms with van der Waals surface area (Å²) in [5.41, 5.74) is -0.171. The molecule has 0 aromatic heterocycles. The number of amides is 2. The van der Waals surface area contributed by atoms with Gasteiger partial charge in [-0.1, -0.05) is 20.3 Å². The fourth-order valence-corrected chi connectivity index (χ4v) is 2.88. The lowest BCUT2D eigenvalue weighted by Gasteiger charge is -2.39. The highest BCUT2D eigenvalue weighted by atomic mass is 16.2. The molecule has 1 rings (SSSR count). The molecule has 1 aliphatic rings. The SMILES string of the molecule is CC[C@@H]1CN(C(C)=O)CC[C@@H]1N[C@H](C)C(=O)NC(C)(C)CC. The zero-order valence-electron chi connectivity index (χ0n) is 15.0. The maximum absolute atomic E-state index is 12.3. The molecule has 1 heterocycles. The molecule has 0 aliphatic carbocycles. The van der Waals surface area contributed by atoms with Gasteiger partial charge in [0.1, 0.15) is 0 Å². The first-order chi connectivity index (χ1) is 10.2. The van der Waals surface area contributed by atoms with Gasteiger partial charge >= 0.3 is 0 Å². The molecule has 2 amide bonds. The third kappa shape index (κ3) is 5.27. The van der Waals surface area contributed by atoms with Crippen LogP contribution in [0.5, 0.6) is 0 Å². The lowest BCUT2D eigenvalue weighted by atomic mass is 9.89. The second kappa shape index (κ2) is 7.95. The Hall–Kier alpha value is -1.10. The summed E-state index contributed by atoms with van der Waals surface area (Å²) in [7, 11) is 0. The lowest BCUT2D eigenvalue weighted by molar-refractivity contribution is -0.131. The predicted octanol–water partition coefficient (Wildman–Crippen LogP) is 1.92. The van der Waals surface area contributed by atoms with Gasteiger partial charge < -0.3 is 15.5 Å². The van der Waals surface area contributed by atoms with Crippen molar-refractivity contribution in [3.05, 3.63) is 0 Å². The van der Waals surface area contributed by atoms with Crippen molar-refractivity contribution < 1.29 is 9.59 Å². The van der Waals surface area contributed by atoms with E-state index in [2.05, 4.69) is 24.5 Å². The van der Waals surface area contributed by atoms with E-state index >= 15 is 0 Å². The first kappa shape index (κ1) is 18.9. The topological polar surface area (TPSA) is 61.4 Å². The van der Waals surface area contributed by atoms with Crippen molar-refractivity contribution in [1.82, 2.24) is 15.5 Å². The van der Waals surface area contributed by atoms with Gasteiger partial charge in [0.05, 0.1) is 6.04 Å². The molecule has 0 aromatic carbocycles. The van der Waals surface area contributed by atoms with E-state index in [0.29, 0.717) is 12.0 Å². The summed E-state index contributed by atoms with van der Waals surface area (Å²) in [5.74, 6) is 0.607. The van der Waals surface area contributed by atoms with Crippen molar-refractivity contribution in [3.63, 3.8) is 0 Å². The molecule has 0 saturated carbocycles. The molecule has 5 nitrogen and oxygen atoms in total. The van der Waals surface area contributed by atoms with E-state index in [1.807, 2.05) is 25.7 Å². The summed E-state index contributed by atoms with van der Waals surface area (Å²) >= 11 is 0. The van der Waals surface area contributed by atoms with Gasteiger partial charge in [0, 0.05) is 31.6 Å². The van der Waals surface area contributed by atoms with Crippen LogP contribution >= 0.6 is 0 Å². The highest BCUT2D eigenvalue weighted by Gasteiger charge is 2.31. The maximum atomic E-state index is 12.3. The fourth-order valence-electron chi connectivity index (χ4n) is 2.88. The first-order valence-corrected chi connectivity index (χ1v) is 8.53. The van der Waals surface area contributed by atoms with Gasteiger partial charge in [-0.2, -0.15) is 0 Å². The monoisotopic (exact) mass is 311 g/mol. The molecule has 1 fully saturated rings. The highest BCUT2D eigenvalue weighted by molar-refractivity contribution is 5.82. The Kier molecular flexibility index (Phi) is 6.85. The van der Waals surface area contributed by atoms with Crippen LogP contribution in [0.2, 0.25) is 0 Å². The van der Waals surface area contributed by atoms with Crippen LogP contribution in [-0.4, -0.2) is 47.4 Å². The molecule has 3 atom stereocenters. The van der Waals surface area contributed by atoms with Crippen LogP contribution in [-0.2, 0) is 9.59 Å². The highest BCUT2D eigenvalue weighted by Crippen LogP contribution is 2.21. The smallest absolute Gasteiger partial charge is 0.237 e. The Morgan fingerprint density at radius 2 is 1.95 bits per heavy atom. The molecule has 128 valence electrons. The largest absolute Gasteiger partial charge is 0.350 e. The van der Waals surface area contributed by atoms with E-state index in [1.54, 1.807) is 6.92 Å². The van der Waals surface area contributed by atoms with Crippen LogP contribution in [0.4, 0.5) is 0 Å². The van der Waals surface area contributed by atoms with Crippen LogP contribution in [0.3, 0.4) is 0 Å². The summed E-state index contributed by atoms with van der Waals surface area (Å²) < 4.78 is 0. The van der Waals surface area contributed by atoms with E-state index < -0.39 is 0 Å². The normalized spacial score (nSPS) is 24.0. The molecule has 22 heavy (non-hydrogen) atoms. The molecule has 1 aliphatic heterocycles. The molecular formula is C17H33N3O2. The summed E-state index contributed by atoms with van der Waals surface area (Å²) in [5, 5.41) is 6.56. The Balaban J connectivity index is 2.58. The molecule has 0 spiro atoms. The van der Waals surface area contributed by atoms with Crippen LogP contribution in [0.15, 0.2) is 0 Å². The molecule has 0 aromatic rings. The summed E-state index contributed by atoms with van der Waals surface area (Å²) in [6, 6.07) is 0.0832. The van der Waals surface area contributed by atoms with Crippen molar-refractivity contribution in [1.29, 1.82) is 0 Å². The summed E-state index contributed by atoms with van der Waals surface area (Å²) in [6.45, 7) is 13.4. The van der Waals surface area contributed by atoms with E-state index in [9.17, 15) is 9.59 Å². The van der Waals surface area contributed by atoms with Crippen molar-refractivity contribution in [2.24, 2.45) is 5.92 Å². The van der Waals surface area contributed by atoms with Crippen LogP contribution in [0.25, 0.3) is 0 Å². The van der Waals surface area contributed by atoms with Crippen molar-refractivity contribution in [3.8, 4) is 0 Å². The van der Waals surface area contributed by atoms with E-state index in [4.69, 9.17) is 0 Å². The van der Waals surface area contributed by atoms with E-state index in [0.717, 1.165) is 32.4 Å². The summed E-state index contributed by atoms with van der Waals surface area (Å²) in [4.78, 5) is 25.8. The third-order valence-electron chi connectivity index (χ3n) is 4.91. The summed E-state index contributed by atoms with van der Waals surface area (Å²) in [6.07, 6.45) is 2.82. The van der Waals surface area contributed by atoms with Gasteiger partial charge in [-0.05, 0) is 39.5 Å². The number of rotatable bonds is 6. The molecule has 2 N–H and O–H groups in total. The number of hydrogen-bond donors (Lipinski definition) is 2. The van der Waals surface area contributed by atoms with Crippen molar-refractivity contribution in [2.75, 3.05) is 13.1 Å². The molecule has 0 bridgehead atoms. The quantitative estimate of drug-likeness (QED) is 0.788. The van der Waals surface area contributed by atoms with Crippen molar-refractivity contribution >= 4 is 11.8 Å². The number of piperidine rings is 1. The van der Waals surface area contributed by atoms with Gasteiger partial charge in [0.15, 0.2) is 0 Å². The minimum Gasteiger partial charge on any atom is -0.350 e. The average Bonchev–Trinajstić information content (AvgIpc) is 2.46. The Morgan fingerprint density at radius 1 is 1.32 bits per heavy atom. The zero-order valence-corrected chi connectivity index (χ0v) is 15.0. The van der Waals surface area contributed by atoms with Gasteiger partial charge in [-0.15, -0.1) is 0 Å². The van der Waals surface area contributed by atoms with E-state index in [1.165, 1.54) is 0 Å². The maximum Gasteiger partial charge on any atom is 0.237 e. The molecule has 5 heteroatoms. The van der Waals surface area contributed by atoms with E-state index in [-0.39, 0.29) is 23.4 Å². The van der Waals surface area contributed by atoms with Crippen LogP contribution in [0.1, 0.15) is 60.8 Å². The minimum atomic E-state index is -0.214. The predicted molar refractivity (Wildman–Crippen MR) is 89.6 cm³/mol. The fraction of sp³-hybridized carbons (Fsp3) is 0.882. The zero-order chi connectivity index (χ0) is 16.9. The number of hydrogen-bond acceptors (Lipinski definition) is 3. The molecule has 1 saturated heterocycles. The third-order valence-corrected chi connectivity index (χ3v) is 4.91. The Bertz CT molecular complexity index is 395. The number of nitrogens with zero attached hydrogens (tertiary/aromatic N) is 1. The first-order valence-electron chi connectivity index (χ1n) is 8.53. The van der Waals surface area contributed by atoms with Gasteiger partial charge in [0.2, 0.25) is 11.8 Å². The van der Waals surface area contributed by atoms with Gasteiger partial charge in [0.25, 0.3) is 0 Å². The number of carbonyl (C=O) groups is 2.